The Labute approximate surface area is 148 Å². The first kappa shape index (κ1) is 17.0. The number of hydrogen-bond donors (Lipinski definition) is 1. The maximum absolute atomic E-state index is 12.2. The van der Waals surface area contributed by atoms with E-state index in [1.807, 2.05) is 49.5 Å². The zero-order valence-electron chi connectivity index (χ0n) is 14.4. The molecule has 0 bridgehead atoms. The standard InChI is InChI=1S/C20H23N3O2/c1-22(17-6-3-2-4-7-17)15-13-21-20(25)16-9-11-18(12-10-16)23-14-5-8-19(23)24/h2-4,6-7,9-12H,5,8,13-15H2,1H3,(H,21,25). The lowest BCUT2D eigenvalue weighted by Crippen LogP contribution is -2.33. The Hall–Kier alpha value is -2.82. The third kappa shape index (κ3) is 4.18. The number of para-hydroxylation sites is 1. The number of carbonyl (C=O) groups excluding carboxylic acids is 2. The van der Waals surface area contributed by atoms with Crippen LogP contribution in [0.25, 0.3) is 0 Å². The summed E-state index contributed by atoms with van der Waals surface area (Å²) in [4.78, 5) is 27.9. The Morgan fingerprint density at radius 1 is 1.12 bits per heavy atom. The van der Waals surface area contributed by atoms with Crippen molar-refractivity contribution in [3.63, 3.8) is 0 Å². The molecule has 0 aromatic heterocycles. The molecule has 3 rings (SSSR count). The van der Waals surface area contributed by atoms with Gasteiger partial charge in [-0.2, -0.15) is 0 Å². The summed E-state index contributed by atoms with van der Waals surface area (Å²) in [7, 11) is 2.00. The molecular weight excluding hydrogens is 314 g/mol. The predicted molar refractivity (Wildman–Crippen MR) is 100 cm³/mol. The van der Waals surface area contributed by atoms with Crippen molar-refractivity contribution in [3.8, 4) is 0 Å². The minimum absolute atomic E-state index is 0.0965. The number of anilines is 2. The minimum atomic E-state index is -0.0965. The van der Waals surface area contributed by atoms with Gasteiger partial charge in [0.1, 0.15) is 0 Å². The highest BCUT2D eigenvalue weighted by Crippen LogP contribution is 2.21. The monoisotopic (exact) mass is 337 g/mol. The average Bonchev–Trinajstić information content (AvgIpc) is 3.08. The molecule has 0 saturated carbocycles. The maximum Gasteiger partial charge on any atom is 0.251 e. The van der Waals surface area contributed by atoms with Crippen LogP contribution in [0.2, 0.25) is 0 Å². The van der Waals surface area contributed by atoms with Crippen LogP contribution in [0.1, 0.15) is 23.2 Å². The second kappa shape index (κ2) is 7.83. The SMILES string of the molecule is CN(CCNC(=O)c1ccc(N2CCCC2=O)cc1)c1ccccc1. The molecule has 0 radical (unpaired) electrons. The Morgan fingerprint density at radius 2 is 1.84 bits per heavy atom. The van der Waals surface area contributed by atoms with Gasteiger partial charge in [0.05, 0.1) is 0 Å². The van der Waals surface area contributed by atoms with Gasteiger partial charge in [-0.3, -0.25) is 9.59 Å². The van der Waals surface area contributed by atoms with Gasteiger partial charge in [-0.1, -0.05) is 18.2 Å². The number of amides is 2. The summed E-state index contributed by atoms with van der Waals surface area (Å²) in [6, 6.07) is 17.3. The van der Waals surface area contributed by atoms with Crippen LogP contribution in [-0.2, 0) is 4.79 Å². The van der Waals surface area contributed by atoms with E-state index in [-0.39, 0.29) is 11.8 Å². The van der Waals surface area contributed by atoms with Crippen LogP contribution < -0.4 is 15.1 Å². The number of benzene rings is 2. The molecule has 1 saturated heterocycles. The number of nitrogens with one attached hydrogen (secondary N) is 1. The Bertz CT molecular complexity index is 728. The topological polar surface area (TPSA) is 52.7 Å². The van der Waals surface area contributed by atoms with E-state index in [0.29, 0.717) is 18.5 Å². The van der Waals surface area contributed by atoms with Crippen LogP contribution in [0.5, 0.6) is 0 Å². The summed E-state index contributed by atoms with van der Waals surface area (Å²) in [5.41, 5.74) is 2.59. The molecule has 1 aliphatic rings. The molecular formula is C20H23N3O2. The molecule has 5 nitrogen and oxygen atoms in total. The number of rotatable bonds is 6. The van der Waals surface area contributed by atoms with Crippen LogP contribution in [-0.4, -0.2) is 38.5 Å². The van der Waals surface area contributed by atoms with Crippen LogP contribution in [0.3, 0.4) is 0 Å². The molecule has 1 N–H and O–H groups in total. The molecule has 2 amide bonds. The van der Waals surface area contributed by atoms with Gasteiger partial charge in [-0.05, 0) is 42.8 Å². The first-order valence-electron chi connectivity index (χ1n) is 8.60. The smallest absolute Gasteiger partial charge is 0.251 e. The van der Waals surface area contributed by atoms with E-state index in [1.165, 1.54) is 0 Å². The summed E-state index contributed by atoms with van der Waals surface area (Å²) in [6.07, 6.45) is 1.51. The summed E-state index contributed by atoms with van der Waals surface area (Å²) >= 11 is 0. The molecule has 0 spiro atoms. The molecule has 1 aliphatic heterocycles. The van der Waals surface area contributed by atoms with Gasteiger partial charge in [0.25, 0.3) is 5.91 Å². The zero-order chi connectivity index (χ0) is 17.6. The highest BCUT2D eigenvalue weighted by molar-refractivity contribution is 5.97. The van der Waals surface area contributed by atoms with Crippen molar-refractivity contribution in [1.29, 1.82) is 0 Å². The van der Waals surface area contributed by atoms with Crippen LogP contribution in [0, 0.1) is 0 Å². The van der Waals surface area contributed by atoms with Gasteiger partial charge in [0.2, 0.25) is 5.91 Å². The van der Waals surface area contributed by atoms with Crippen molar-refractivity contribution in [3.05, 3.63) is 60.2 Å². The van der Waals surface area contributed by atoms with Crippen molar-refractivity contribution in [2.24, 2.45) is 0 Å². The lowest BCUT2D eigenvalue weighted by molar-refractivity contribution is -0.117. The zero-order valence-corrected chi connectivity index (χ0v) is 14.4. The van der Waals surface area contributed by atoms with E-state index in [0.717, 1.165) is 30.9 Å². The van der Waals surface area contributed by atoms with Gasteiger partial charge in [-0.25, -0.2) is 0 Å². The van der Waals surface area contributed by atoms with Gasteiger partial charge >= 0.3 is 0 Å². The fourth-order valence-corrected chi connectivity index (χ4v) is 2.96. The van der Waals surface area contributed by atoms with Crippen LogP contribution >= 0.6 is 0 Å². The second-order valence-corrected chi connectivity index (χ2v) is 6.21. The molecule has 0 aliphatic carbocycles. The Kier molecular flexibility index (Phi) is 5.33. The molecule has 0 atom stereocenters. The largest absolute Gasteiger partial charge is 0.373 e. The van der Waals surface area contributed by atoms with Crippen molar-refractivity contribution in [1.82, 2.24) is 5.32 Å². The van der Waals surface area contributed by atoms with Crippen LogP contribution in [0.15, 0.2) is 54.6 Å². The van der Waals surface area contributed by atoms with E-state index in [2.05, 4.69) is 10.2 Å². The molecule has 0 unspecified atom stereocenters. The van der Waals surface area contributed by atoms with Crippen molar-refractivity contribution in [2.75, 3.05) is 36.5 Å². The average molecular weight is 337 g/mol. The third-order valence-electron chi connectivity index (χ3n) is 4.44. The van der Waals surface area contributed by atoms with E-state index in [4.69, 9.17) is 0 Å². The van der Waals surface area contributed by atoms with E-state index >= 15 is 0 Å². The number of nitrogens with zero attached hydrogens (tertiary/aromatic N) is 2. The van der Waals surface area contributed by atoms with Gasteiger partial charge < -0.3 is 15.1 Å². The predicted octanol–water partition coefficient (Wildman–Crippen LogP) is 2.68. The van der Waals surface area contributed by atoms with Crippen molar-refractivity contribution >= 4 is 23.2 Å². The summed E-state index contributed by atoms with van der Waals surface area (Å²) < 4.78 is 0. The third-order valence-corrected chi connectivity index (χ3v) is 4.44. The number of likely N-dealkylation sites (N-methyl/N-ethyl adjacent to an activating group) is 1. The minimum Gasteiger partial charge on any atom is -0.373 e. The van der Waals surface area contributed by atoms with Gasteiger partial charge in [0, 0.05) is 50.0 Å². The molecule has 5 heteroatoms. The highest BCUT2D eigenvalue weighted by Gasteiger charge is 2.21. The summed E-state index contributed by atoms with van der Waals surface area (Å²) in [6.45, 7) is 2.06. The Morgan fingerprint density at radius 3 is 2.48 bits per heavy atom. The second-order valence-electron chi connectivity index (χ2n) is 6.21. The molecule has 1 fully saturated rings. The quantitative estimate of drug-likeness (QED) is 0.882. The highest BCUT2D eigenvalue weighted by atomic mass is 16.2. The van der Waals surface area contributed by atoms with Crippen LogP contribution in [0.4, 0.5) is 11.4 Å². The lowest BCUT2D eigenvalue weighted by Gasteiger charge is -2.19. The summed E-state index contributed by atoms with van der Waals surface area (Å²) in [5, 5.41) is 2.94. The first-order chi connectivity index (χ1) is 12.1. The molecule has 2 aromatic rings. The van der Waals surface area contributed by atoms with E-state index in [1.54, 1.807) is 17.0 Å². The molecule has 2 aromatic carbocycles. The van der Waals surface area contributed by atoms with Crippen molar-refractivity contribution < 1.29 is 9.59 Å². The maximum atomic E-state index is 12.2. The number of hydrogen-bond acceptors (Lipinski definition) is 3. The fraction of sp³-hybridized carbons (Fsp3) is 0.300. The fourth-order valence-electron chi connectivity index (χ4n) is 2.96. The molecule has 130 valence electrons. The molecule has 1 heterocycles. The van der Waals surface area contributed by atoms with Gasteiger partial charge in [0.15, 0.2) is 0 Å². The normalized spacial score (nSPS) is 13.8. The molecule has 25 heavy (non-hydrogen) atoms. The van der Waals surface area contributed by atoms with E-state index in [9.17, 15) is 9.59 Å². The number of carbonyl (C=O) groups is 2. The summed E-state index contributed by atoms with van der Waals surface area (Å²) in [5.74, 6) is 0.0573. The van der Waals surface area contributed by atoms with Gasteiger partial charge in [-0.15, -0.1) is 0 Å². The Balaban J connectivity index is 1.50. The lowest BCUT2D eigenvalue weighted by atomic mass is 10.2. The van der Waals surface area contributed by atoms with Crippen molar-refractivity contribution in [2.45, 2.75) is 12.8 Å². The van der Waals surface area contributed by atoms with E-state index < -0.39 is 0 Å². The first-order valence-corrected chi connectivity index (χ1v) is 8.60.